The predicted molar refractivity (Wildman–Crippen MR) is 150 cm³/mol. The average Bonchev–Trinajstić information content (AvgIpc) is 3.36. The molecular formula is C28H34F4N4O3S. The van der Waals surface area contributed by atoms with Gasteiger partial charge < -0.3 is 25.8 Å². The van der Waals surface area contributed by atoms with Gasteiger partial charge in [-0.2, -0.15) is 13.2 Å². The minimum atomic E-state index is -4.68. The van der Waals surface area contributed by atoms with Crippen LogP contribution in [0.5, 0.6) is 0 Å². The molecule has 0 saturated carbocycles. The van der Waals surface area contributed by atoms with Crippen LogP contribution in [0, 0.1) is 12.7 Å². The molecule has 3 atom stereocenters. The van der Waals surface area contributed by atoms with Crippen molar-refractivity contribution < 1.29 is 31.7 Å². The zero-order valence-electron chi connectivity index (χ0n) is 22.6. The number of halogens is 4. The molecule has 1 unspecified atom stereocenters. The second-order valence-corrected chi connectivity index (χ2v) is 10.8. The summed E-state index contributed by atoms with van der Waals surface area (Å²) in [5.41, 5.74) is 6.89. The normalized spacial score (nSPS) is 17.4. The highest BCUT2D eigenvalue weighted by Gasteiger charge is 2.34. The van der Waals surface area contributed by atoms with Gasteiger partial charge in [0.05, 0.1) is 30.0 Å². The molecule has 0 radical (unpaired) electrons. The monoisotopic (exact) mass is 582 g/mol. The van der Waals surface area contributed by atoms with Crippen molar-refractivity contribution in [1.29, 1.82) is 0 Å². The summed E-state index contributed by atoms with van der Waals surface area (Å²) in [6, 6.07) is 5.92. The summed E-state index contributed by atoms with van der Waals surface area (Å²) in [5, 5.41) is 12.6. The number of nitrogens with one attached hydrogen (secondary N) is 2. The van der Waals surface area contributed by atoms with Crippen LogP contribution < -0.4 is 15.8 Å². The summed E-state index contributed by atoms with van der Waals surface area (Å²) < 4.78 is 69.5. The molecule has 1 aliphatic heterocycles. The van der Waals surface area contributed by atoms with E-state index < -0.39 is 46.5 Å². The van der Waals surface area contributed by atoms with E-state index in [4.69, 9.17) is 5.73 Å². The van der Waals surface area contributed by atoms with Crippen molar-refractivity contribution in [1.82, 2.24) is 10.2 Å². The molecule has 3 rings (SSSR count). The second kappa shape index (κ2) is 12.9. The van der Waals surface area contributed by atoms with Crippen molar-refractivity contribution >= 4 is 34.0 Å². The smallest absolute Gasteiger partial charge is 0.398 e. The van der Waals surface area contributed by atoms with Gasteiger partial charge >= 0.3 is 6.18 Å². The molecule has 0 aliphatic carbocycles. The fourth-order valence-electron chi connectivity index (χ4n) is 4.70. The number of aliphatic hydroxyl groups is 1. The van der Waals surface area contributed by atoms with Crippen LogP contribution in [0.4, 0.5) is 28.9 Å². The number of hydrogen-bond donors (Lipinski definition) is 4. The number of carbonyl (C=O) groups excluding carboxylic acids is 1. The summed E-state index contributed by atoms with van der Waals surface area (Å²) in [4.78, 5) is 15.0. The molecule has 0 aromatic heterocycles. The highest BCUT2D eigenvalue weighted by atomic mass is 32.2. The quantitative estimate of drug-likeness (QED) is 0.175. The van der Waals surface area contributed by atoms with Gasteiger partial charge in [-0.25, -0.2) is 8.60 Å². The van der Waals surface area contributed by atoms with Gasteiger partial charge in [-0.3, -0.25) is 4.79 Å². The van der Waals surface area contributed by atoms with Crippen molar-refractivity contribution in [3.8, 4) is 0 Å². The van der Waals surface area contributed by atoms with Crippen LogP contribution in [0.15, 0.2) is 48.6 Å². The number of amides is 1. The molecule has 7 nitrogen and oxygen atoms in total. The van der Waals surface area contributed by atoms with Crippen LogP contribution in [-0.4, -0.2) is 51.7 Å². The molecule has 1 saturated heterocycles. The van der Waals surface area contributed by atoms with Gasteiger partial charge in [0.1, 0.15) is 16.8 Å². The number of benzene rings is 2. The Hall–Kier alpha value is -3.38. The number of alkyl halides is 3. The first-order valence-corrected chi connectivity index (χ1v) is 14.3. The summed E-state index contributed by atoms with van der Waals surface area (Å²) >= 11 is 0. The van der Waals surface area contributed by atoms with Crippen molar-refractivity contribution in [2.45, 2.75) is 51.4 Å². The Morgan fingerprint density at radius 2 is 2.02 bits per heavy atom. The molecular weight excluding hydrogens is 548 g/mol. The fraction of sp³-hybridized carbons (Fsp3) is 0.393. The van der Waals surface area contributed by atoms with Gasteiger partial charge in [0.2, 0.25) is 0 Å². The Labute approximate surface area is 233 Å². The van der Waals surface area contributed by atoms with E-state index in [1.807, 2.05) is 0 Å². The third-order valence-corrected chi connectivity index (χ3v) is 7.36. The molecule has 1 amide bonds. The van der Waals surface area contributed by atoms with E-state index in [2.05, 4.69) is 16.6 Å². The molecule has 0 spiro atoms. The van der Waals surface area contributed by atoms with Crippen LogP contribution in [0.3, 0.4) is 0 Å². The number of aryl methyl sites for hydroxylation is 1. The first-order chi connectivity index (χ1) is 18.8. The van der Waals surface area contributed by atoms with Crippen molar-refractivity contribution in [2.75, 3.05) is 29.9 Å². The molecule has 218 valence electrons. The summed E-state index contributed by atoms with van der Waals surface area (Å²) in [6.07, 6.45) is -0.789. The highest BCUT2D eigenvalue weighted by molar-refractivity contribution is 7.85. The van der Waals surface area contributed by atoms with Crippen LogP contribution in [0.1, 0.15) is 59.3 Å². The number of nitrogens with zero attached hydrogens (tertiary/aromatic N) is 1. The van der Waals surface area contributed by atoms with Crippen LogP contribution in [-0.2, 0) is 11.0 Å². The summed E-state index contributed by atoms with van der Waals surface area (Å²) in [5.74, 6) is -1.17. The van der Waals surface area contributed by atoms with Gasteiger partial charge in [0.25, 0.3) is 5.91 Å². The third kappa shape index (κ3) is 7.22. The maximum atomic E-state index is 15.0. The Morgan fingerprint density at radius 3 is 2.62 bits per heavy atom. The van der Waals surface area contributed by atoms with Crippen LogP contribution in [0.2, 0.25) is 0 Å². The van der Waals surface area contributed by atoms with E-state index >= 15 is 4.39 Å². The van der Waals surface area contributed by atoms with Crippen LogP contribution >= 0.6 is 0 Å². The first-order valence-electron chi connectivity index (χ1n) is 12.7. The average molecular weight is 583 g/mol. The van der Waals surface area contributed by atoms with Gasteiger partial charge in [-0.15, -0.1) is 0 Å². The van der Waals surface area contributed by atoms with Crippen LogP contribution in [0.25, 0.3) is 5.70 Å². The standard InChI is InChI=1S/C28H34F4N4O3S/c1-5-24(20-11-16(2)25(14-22(20)29)35-40(4)39)34-27(38)18-8-9-23(33)21(13-18)26(12-17(3)28(30,31)32)36-10-6-7-19(36)15-37/h8-9,11-14,19,24,35,37H,3,5-7,10,15,33H2,1-2,4H3,(H,34,38)/b26-12+/t19-,24-,40?/m1/s1. The lowest BCUT2D eigenvalue weighted by Gasteiger charge is -2.30. The largest absolute Gasteiger partial charge is 0.415 e. The number of hydrogen-bond acceptors (Lipinski definition) is 5. The number of allylic oxidation sites excluding steroid dienone is 2. The predicted octanol–water partition coefficient (Wildman–Crippen LogP) is 5.22. The highest BCUT2D eigenvalue weighted by Crippen LogP contribution is 2.36. The Morgan fingerprint density at radius 1 is 1.32 bits per heavy atom. The molecule has 1 fully saturated rings. The molecule has 1 heterocycles. The second-order valence-electron chi connectivity index (χ2n) is 9.71. The maximum absolute atomic E-state index is 15.0. The lowest BCUT2D eigenvalue weighted by Crippen LogP contribution is -2.32. The van der Waals surface area contributed by atoms with Crippen molar-refractivity contribution in [2.24, 2.45) is 0 Å². The fourth-order valence-corrected chi connectivity index (χ4v) is 5.23. The minimum absolute atomic E-state index is 0.108. The van der Waals surface area contributed by atoms with Crippen molar-refractivity contribution in [3.63, 3.8) is 0 Å². The molecule has 2 aromatic carbocycles. The molecule has 5 N–H and O–H groups in total. The number of aliphatic hydroxyl groups excluding tert-OH is 1. The maximum Gasteiger partial charge on any atom is 0.415 e. The number of rotatable bonds is 10. The lowest BCUT2D eigenvalue weighted by atomic mass is 9.99. The number of nitrogen functional groups attached to an aromatic ring is 1. The first kappa shape index (κ1) is 31.2. The van der Waals surface area contributed by atoms with E-state index in [9.17, 15) is 27.3 Å². The van der Waals surface area contributed by atoms with Gasteiger partial charge in [-0.05, 0) is 68.2 Å². The molecule has 12 heteroatoms. The van der Waals surface area contributed by atoms with E-state index in [0.717, 1.165) is 6.08 Å². The Kier molecular flexibility index (Phi) is 10.0. The van der Waals surface area contributed by atoms with E-state index in [-0.39, 0.29) is 34.7 Å². The minimum Gasteiger partial charge on any atom is -0.398 e. The third-order valence-electron chi connectivity index (χ3n) is 6.85. The van der Waals surface area contributed by atoms with Crippen molar-refractivity contribution in [3.05, 3.63) is 76.6 Å². The molecule has 40 heavy (non-hydrogen) atoms. The van der Waals surface area contributed by atoms with Gasteiger partial charge in [-0.1, -0.05) is 13.5 Å². The zero-order valence-corrected chi connectivity index (χ0v) is 23.4. The number of anilines is 2. The lowest BCUT2D eigenvalue weighted by molar-refractivity contribution is -0.0878. The van der Waals surface area contributed by atoms with E-state index in [0.29, 0.717) is 37.1 Å². The zero-order chi connectivity index (χ0) is 29.8. The SMILES string of the molecule is C=C(/C=C(\c1cc(C(=O)N[C@H](CC)c2cc(C)c(NS(C)=O)cc2F)ccc1N)N1CCC[C@@H]1CO)C(F)(F)F. The molecule has 0 bridgehead atoms. The summed E-state index contributed by atoms with van der Waals surface area (Å²) in [6.45, 7) is 6.78. The number of likely N-dealkylation sites (tertiary alicyclic amines) is 1. The number of nitrogens with two attached hydrogens (primary N) is 1. The molecule has 1 aliphatic rings. The Bertz CT molecular complexity index is 1330. The van der Waals surface area contributed by atoms with Gasteiger partial charge in [0, 0.05) is 40.9 Å². The topological polar surface area (TPSA) is 108 Å². The summed E-state index contributed by atoms with van der Waals surface area (Å²) in [7, 11) is -1.40. The molecule has 2 aromatic rings. The van der Waals surface area contributed by atoms with E-state index in [1.54, 1.807) is 24.8 Å². The Balaban J connectivity index is 1.98. The number of carbonyl (C=O) groups is 1. The van der Waals surface area contributed by atoms with E-state index in [1.165, 1.54) is 30.5 Å². The van der Waals surface area contributed by atoms with Gasteiger partial charge in [0.15, 0.2) is 0 Å².